The van der Waals surface area contributed by atoms with E-state index in [1.165, 1.54) is 12.1 Å². The largest absolute Gasteiger partial charge is 0.455 e. The number of urea groups is 1. The minimum absolute atomic E-state index is 0.131. The number of hydrogen-bond acceptors (Lipinski definition) is 4. The second-order valence-electron chi connectivity index (χ2n) is 5.74. The Bertz CT molecular complexity index is 916. The zero-order valence-electron chi connectivity index (χ0n) is 14.7. The molecule has 3 amide bonds. The Balaban J connectivity index is 1.97. The van der Waals surface area contributed by atoms with Crippen molar-refractivity contribution in [3.8, 4) is 0 Å². The van der Waals surface area contributed by atoms with Crippen LogP contribution in [0.1, 0.15) is 18.0 Å². The summed E-state index contributed by atoms with van der Waals surface area (Å²) in [5.74, 6) is -1.42. The van der Waals surface area contributed by atoms with Crippen LogP contribution in [0.3, 0.4) is 0 Å². The van der Waals surface area contributed by atoms with Gasteiger partial charge in [-0.25, -0.2) is 4.79 Å². The van der Waals surface area contributed by atoms with Crippen LogP contribution >= 0.6 is 46.4 Å². The molecule has 0 radical (unpaired) electrons. The summed E-state index contributed by atoms with van der Waals surface area (Å²) < 4.78 is 4.95. The first kappa shape index (κ1) is 23.1. The van der Waals surface area contributed by atoms with Gasteiger partial charge in [0, 0.05) is 10.0 Å². The molecule has 2 aromatic rings. The van der Waals surface area contributed by atoms with E-state index in [4.69, 9.17) is 56.9 Å². The SMILES string of the molecule is NC(=O)NC(CC(=O)OCC(=O)Nc1c(Cl)cc(Cl)cc1Cl)c1ccccc1Cl. The van der Waals surface area contributed by atoms with Crippen LogP contribution in [0.2, 0.25) is 20.1 Å². The minimum atomic E-state index is -0.840. The third kappa shape index (κ3) is 6.97. The number of amides is 3. The Morgan fingerprint density at radius 2 is 1.62 bits per heavy atom. The molecule has 0 saturated heterocycles. The van der Waals surface area contributed by atoms with Gasteiger partial charge in [0.15, 0.2) is 6.61 Å². The van der Waals surface area contributed by atoms with Crippen molar-refractivity contribution < 1.29 is 19.1 Å². The average Bonchev–Trinajstić information content (AvgIpc) is 2.62. The van der Waals surface area contributed by atoms with Crippen molar-refractivity contribution >= 4 is 70.0 Å². The number of primary amides is 1. The van der Waals surface area contributed by atoms with E-state index in [0.29, 0.717) is 15.6 Å². The molecule has 2 rings (SSSR count). The summed E-state index contributed by atoms with van der Waals surface area (Å²) in [7, 11) is 0. The number of nitrogens with one attached hydrogen (secondary N) is 2. The normalized spacial score (nSPS) is 11.4. The van der Waals surface area contributed by atoms with Gasteiger partial charge in [-0.3, -0.25) is 9.59 Å². The lowest BCUT2D eigenvalue weighted by molar-refractivity contribution is -0.147. The molecule has 11 heteroatoms. The molecule has 29 heavy (non-hydrogen) atoms. The van der Waals surface area contributed by atoms with Gasteiger partial charge in [0.2, 0.25) is 0 Å². The summed E-state index contributed by atoms with van der Waals surface area (Å²) in [6, 6.07) is 7.77. The maximum atomic E-state index is 12.1. The molecular weight excluding hydrogens is 464 g/mol. The fourth-order valence-electron chi connectivity index (χ4n) is 2.38. The number of rotatable bonds is 7. The Kier molecular flexibility index (Phi) is 8.40. The third-order valence-corrected chi connectivity index (χ3v) is 4.76. The smallest absolute Gasteiger partial charge is 0.312 e. The number of nitrogens with two attached hydrogens (primary N) is 1. The summed E-state index contributed by atoms with van der Waals surface area (Å²) in [5.41, 5.74) is 5.78. The van der Waals surface area contributed by atoms with Crippen molar-refractivity contribution in [1.82, 2.24) is 5.32 Å². The van der Waals surface area contributed by atoms with E-state index in [2.05, 4.69) is 10.6 Å². The zero-order chi connectivity index (χ0) is 21.6. The second kappa shape index (κ2) is 10.5. The van der Waals surface area contributed by atoms with Crippen molar-refractivity contribution in [2.24, 2.45) is 5.73 Å². The maximum Gasteiger partial charge on any atom is 0.312 e. The van der Waals surface area contributed by atoms with Gasteiger partial charge in [0.25, 0.3) is 5.91 Å². The van der Waals surface area contributed by atoms with Gasteiger partial charge < -0.3 is 21.1 Å². The van der Waals surface area contributed by atoms with Gasteiger partial charge in [-0.05, 0) is 23.8 Å². The highest BCUT2D eigenvalue weighted by atomic mass is 35.5. The number of hydrogen-bond donors (Lipinski definition) is 3. The van der Waals surface area contributed by atoms with Crippen LogP contribution < -0.4 is 16.4 Å². The van der Waals surface area contributed by atoms with Crippen LogP contribution in [0.4, 0.5) is 10.5 Å². The molecule has 7 nitrogen and oxygen atoms in total. The van der Waals surface area contributed by atoms with Crippen molar-refractivity contribution in [3.05, 3.63) is 62.1 Å². The predicted molar refractivity (Wildman–Crippen MR) is 113 cm³/mol. The number of esters is 1. The van der Waals surface area contributed by atoms with E-state index >= 15 is 0 Å². The Morgan fingerprint density at radius 1 is 1.00 bits per heavy atom. The highest BCUT2D eigenvalue weighted by molar-refractivity contribution is 6.42. The van der Waals surface area contributed by atoms with E-state index in [9.17, 15) is 14.4 Å². The standard InChI is InChI=1S/C18H15Cl4N3O4/c19-9-5-12(21)17(13(22)6-9)25-15(26)8-29-16(27)7-14(24-18(23)28)10-3-1-2-4-11(10)20/h1-6,14H,7-8H2,(H,25,26)(H3,23,24,28). The molecule has 1 atom stereocenters. The van der Waals surface area contributed by atoms with E-state index < -0.39 is 30.6 Å². The lowest BCUT2D eigenvalue weighted by Gasteiger charge is -2.18. The maximum absolute atomic E-state index is 12.1. The van der Waals surface area contributed by atoms with Crippen LogP contribution in [0.15, 0.2) is 36.4 Å². The first-order valence-corrected chi connectivity index (χ1v) is 9.59. The van der Waals surface area contributed by atoms with E-state index in [0.717, 1.165) is 0 Å². The van der Waals surface area contributed by atoms with Gasteiger partial charge in [-0.1, -0.05) is 64.6 Å². The first-order valence-electron chi connectivity index (χ1n) is 8.07. The van der Waals surface area contributed by atoms with Crippen molar-refractivity contribution in [1.29, 1.82) is 0 Å². The second-order valence-corrected chi connectivity index (χ2v) is 7.40. The van der Waals surface area contributed by atoms with Crippen LogP contribution in [-0.2, 0) is 14.3 Å². The average molecular weight is 479 g/mol. The lowest BCUT2D eigenvalue weighted by Crippen LogP contribution is -2.35. The molecule has 2 aromatic carbocycles. The fraction of sp³-hybridized carbons (Fsp3) is 0.167. The van der Waals surface area contributed by atoms with Gasteiger partial charge in [-0.15, -0.1) is 0 Å². The lowest BCUT2D eigenvalue weighted by atomic mass is 10.0. The quantitative estimate of drug-likeness (QED) is 0.505. The Hall–Kier alpha value is -2.19. The molecule has 0 aliphatic heterocycles. The molecule has 0 heterocycles. The number of halogens is 4. The molecule has 0 fully saturated rings. The van der Waals surface area contributed by atoms with Gasteiger partial charge in [0.1, 0.15) is 0 Å². The van der Waals surface area contributed by atoms with Crippen molar-refractivity contribution in [3.63, 3.8) is 0 Å². The molecule has 1 unspecified atom stereocenters. The molecule has 4 N–H and O–H groups in total. The van der Waals surface area contributed by atoms with Gasteiger partial charge >= 0.3 is 12.0 Å². The fourth-order valence-corrected chi connectivity index (χ4v) is 3.56. The number of ether oxygens (including phenoxy) is 1. The molecule has 0 spiro atoms. The Morgan fingerprint density at radius 3 is 2.21 bits per heavy atom. The number of benzene rings is 2. The monoisotopic (exact) mass is 477 g/mol. The predicted octanol–water partition coefficient (Wildman–Crippen LogP) is 4.58. The highest BCUT2D eigenvalue weighted by Crippen LogP contribution is 2.33. The summed E-state index contributed by atoms with van der Waals surface area (Å²) >= 11 is 23.9. The highest BCUT2D eigenvalue weighted by Gasteiger charge is 2.21. The summed E-state index contributed by atoms with van der Waals surface area (Å²) in [5, 5.41) is 5.76. The molecule has 0 saturated carbocycles. The van der Waals surface area contributed by atoms with Gasteiger partial charge in [-0.2, -0.15) is 0 Å². The number of carbonyl (C=O) groups is 3. The Labute approximate surface area is 186 Å². The summed E-state index contributed by atoms with van der Waals surface area (Å²) in [6.45, 7) is -0.597. The summed E-state index contributed by atoms with van der Waals surface area (Å²) in [6.07, 6.45) is -0.289. The van der Waals surface area contributed by atoms with Crippen LogP contribution in [-0.4, -0.2) is 24.5 Å². The number of anilines is 1. The van der Waals surface area contributed by atoms with Crippen molar-refractivity contribution in [2.45, 2.75) is 12.5 Å². The first-order chi connectivity index (χ1) is 13.7. The van der Waals surface area contributed by atoms with Gasteiger partial charge in [0.05, 0.1) is 28.2 Å². The van der Waals surface area contributed by atoms with Crippen LogP contribution in [0.25, 0.3) is 0 Å². The molecular formula is C18H15Cl4N3O4. The molecule has 154 valence electrons. The minimum Gasteiger partial charge on any atom is -0.455 e. The van der Waals surface area contributed by atoms with Crippen LogP contribution in [0.5, 0.6) is 0 Å². The van der Waals surface area contributed by atoms with Crippen LogP contribution in [0, 0.1) is 0 Å². The zero-order valence-corrected chi connectivity index (χ0v) is 17.7. The molecule has 0 aromatic heterocycles. The molecule has 0 aliphatic carbocycles. The van der Waals surface area contributed by atoms with E-state index in [-0.39, 0.29) is 22.2 Å². The van der Waals surface area contributed by atoms with E-state index in [1.807, 2.05) is 0 Å². The molecule has 0 aliphatic rings. The molecule has 0 bridgehead atoms. The van der Waals surface area contributed by atoms with E-state index in [1.54, 1.807) is 24.3 Å². The van der Waals surface area contributed by atoms with Crippen molar-refractivity contribution in [2.75, 3.05) is 11.9 Å². The third-order valence-electron chi connectivity index (χ3n) is 3.60. The number of carbonyl (C=O) groups excluding carboxylic acids is 3. The topological polar surface area (TPSA) is 111 Å². The summed E-state index contributed by atoms with van der Waals surface area (Å²) in [4.78, 5) is 35.4.